The molecule has 0 aliphatic heterocycles. The molecule has 0 aliphatic rings. The molecule has 2 rings (SSSR count). The van der Waals surface area contributed by atoms with Crippen LogP contribution in [0.1, 0.15) is 37.0 Å². The Bertz CT molecular complexity index is 659. The molecule has 6 heteroatoms. The van der Waals surface area contributed by atoms with Crippen LogP contribution in [0.4, 0.5) is 11.4 Å². The lowest BCUT2D eigenvalue weighted by atomic mass is 9.98. The van der Waals surface area contributed by atoms with Crippen LogP contribution in [0.2, 0.25) is 0 Å². The fourth-order valence-electron chi connectivity index (χ4n) is 1.86. The van der Waals surface area contributed by atoms with Crippen molar-refractivity contribution in [3.63, 3.8) is 0 Å². The minimum atomic E-state index is -0.364. The SMILES string of the molecule is Cc1ccc(NCc2csc(C(C)(C)C)n2)c([N+](=O)[O-])c1. The Kier molecular flexibility index (Phi) is 4.27. The highest BCUT2D eigenvalue weighted by atomic mass is 32.1. The average molecular weight is 305 g/mol. The van der Waals surface area contributed by atoms with Gasteiger partial charge in [-0.15, -0.1) is 11.3 Å². The molecule has 1 aromatic carbocycles. The number of aryl methyl sites for hydroxylation is 1. The number of rotatable bonds is 4. The summed E-state index contributed by atoms with van der Waals surface area (Å²) in [5.41, 5.74) is 2.42. The third-order valence-electron chi connectivity index (χ3n) is 3.00. The molecule has 1 aromatic heterocycles. The maximum atomic E-state index is 11.1. The van der Waals surface area contributed by atoms with Gasteiger partial charge in [-0.05, 0) is 18.6 Å². The van der Waals surface area contributed by atoms with Crippen molar-refractivity contribution in [1.82, 2.24) is 4.98 Å². The van der Waals surface area contributed by atoms with E-state index in [1.165, 1.54) is 0 Å². The second kappa shape index (κ2) is 5.81. The standard InChI is InChI=1S/C15H19N3O2S/c1-10-5-6-12(13(7-10)18(19)20)16-8-11-9-21-14(17-11)15(2,3)4/h5-7,9,16H,8H2,1-4H3. The van der Waals surface area contributed by atoms with Crippen LogP contribution in [0.5, 0.6) is 0 Å². The second-order valence-electron chi connectivity index (χ2n) is 6.03. The first kappa shape index (κ1) is 15.4. The van der Waals surface area contributed by atoms with E-state index >= 15 is 0 Å². The van der Waals surface area contributed by atoms with Gasteiger partial charge in [0.2, 0.25) is 0 Å². The smallest absolute Gasteiger partial charge is 0.292 e. The van der Waals surface area contributed by atoms with E-state index in [1.807, 2.05) is 18.4 Å². The Balaban J connectivity index is 2.13. The Hall–Kier alpha value is -1.95. The summed E-state index contributed by atoms with van der Waals surface area (Å²) < 4.78 is 0. The van der Waals surface area contributed by atoms with Gasteiger partial charge < -0.3 is 5.32 Å². The van der Waals surface area contributed by atoms with Gasteiger partial charge in [-0.1, -0.05) is 26.8 Å². The summed E-state index contributed by atoms with van der Waals surface area (Å²) in [6.07, 6.45) is 0. The third-order valence-corrected chi connectivity index (χ3v) is 4.32. The highest BCUT2D eigenvalue weighted by Gasteiger charge is 2.18. The lowest BCUT2D eigenvalue weighted by molar-refractivity contribution is -0.384. The molecule has 0 fully saturated rings. The predicted molar refractivity (Wildman–Crippen MR) is 86.0 cm³/mol. The Morgan fingerprint density at radius 1 is 1.38 bits per heavy atom. The molecule has 5 nitrogen and oxygen atoms in total. The Labute approximate surface area is 128 Å². The number of aromatic nitrogens is 1. The summed E-state index contributed by atoms with van der Waals surface area (Å²) in [6.45, 7) is 8.68. The van der Waals surface area contributed by atoms with Gasteiger partial charge in [-0.3, -0.25) is 10.1 Å². The highest BCUT2D eigenvalue weighted by Crippen LogP contribution is 2.28. The van der Waals surface area contributed by atoms with Crippen LogP contribution in [0.15, 0.2) is 23.6 Å². The molecule has 0 aliphatic carbocycles. The van der Waals surface area contributed by atoms with Gasteiger partial charge in [0.15, 0.2) is 0 Å². The van der Waals surface area contributed by atoms with E-state index in [9.17, 15) is 10.1 Å². The van der Waals surface area contributed by atoms with E-state index in [-0.39, 0.29) is 16.0 Å². The highest BCUT2D eigenvalue weighted by molar-refractivity contribution is 7.09. The molecule has 0 atom stereocenters. The van der Waals surface area contributed by atoms with Crippen LogP contribution in [0.25, 0.3) is 0 Å². The van der Waals surface area contributed by atoms with E-state index in [1.54, 1.807) is 23.5 Å². The molecule has 21 heavy (non-hydrogen) atoms. The van der Waals surface area contributed by atoms with Crippen molar-refractivity contribution < 1.29 is 4.92 Å². The van der Waals surface area contributed by atoms with Gasteiger partial charge in [-0.2, -0.15) is 0 Å². The lowest BCUT2D eigenvalue weighted by Gasteiger charge is -2.13. The summed E-state index contributed by atoms with van der Waals surface area (Å²) in [5, 5.41) is 17.2. The first-order valence-corrected chi connectivity index (χ1v) is 7.59. The molecule has 0 bridgehead atoms. The predicted octanol–water partition coefficient (Wildman–Crippen LogP) is 4.27. The van der Waals surface area contributed by atoms with Gasteiger partial charge in [-0.25, -0.2) is 4.98 Å². The van der Waals surface area contributed by atoms with Gasteiger partial charge in [0.25, 0.3) is 5.69 Å². The largest absolute Gasteiger partial charge is 0.374 e. The molecule has 1 N–H and O–H groups in total. The van der Waals surface area contributed by atoms with E-state index in [0.29, 0.717) is 12.2 Å². The number of thiazole rings is 1. The zero-order chi connectivity index (χ0) is 15.6. The average Bonchev–Trinajstić information content (AvgIpc) is 2.85. The summed E-state index contributed by atoms with van der Waals surface area (Å²) in [6, 6.07) is 5.17. The number of benzene rings is 1. The molecule has 112 valence electrons. The normalized spacial score (nSPS) is 11.4. The summed E-state index contributed by atoms with van der Waals surface area (Å²) in [4.78, 5) is 15.3. The van der Waals surface area contributed by atoms with Crippen molar-refractivity contribution >= 4 is 22.7 Å². The van der Waals surface area contributed by atoms with Gasteiger partial charge in [0, 0.05) is 16.9 Å². The monoisotopic (exact) mass is 305 g/mol. The number of hydrogen-bond donors (Lipinski definition) is 1. The molecular formula is C15H19N3O2S. The fourth-order valence-corrected chi connectivity index (χ4v) is 2.77. The fraction of sp³-hybridized carbons (Fsp3) is 0.400. The van der Waals surface area contributed by atoms with Crippen molar-refractivity contribution in [3.8, 4) is 0 Å². The summed E-state index contributed by atoms with van der Waals surface area (Å²) >= 11 is 1.62. The molecule has 0 amide bonds. The summed E-state index contributed by atoms with van der Waals surface area (Å²) in [5.74, 6) is 0. The van der Waals surface area contributed by atoms with Crippen molar-refractivity contribution in [1.29, 1.82) is 0 Å². The maximum absolute atomic E-state index is 11.1. The van der Waals surface area contributed by atoms with Crippen LogP contribution in [-0.4, -0.2) is 9.91 Å². The molecule has 0 spiro atoms. The Morgan fingerprint density at radius 2 is 2.10 bits per heavy atom. The second-order valence-corrected chi connectivity index (χ2v) is 6.88. The molecule has 0 radical (unpaired) electrons. The Morgan fingerprint density at radius 3 is 2.67 bits per heavy atom. The number of nitrogens with one attached hydrogen (secondary N) is 1. The van der Waals surface area contributed by atoms with Crippen molar-refractivity contribution in [2.24, 2.45) is 0 Å². The van der Waals surface area contributed by atoms with E-state index in [4.69, 9.17) is 0 Å². The maximum Gasteiger partial charge on any atom is 0.292 e. The number of hydrogen-bond acceptors (Lipinski definition) is 5. The molecule has 1 heterocycles. The van der Waals surface area contributed by atoms with E-state index in [2.05, 4.69) is 31.1 Å². The van der Waals surface area contributed by atoms with Gasteiger partial charge in [0.05, 0.1) is 22.2 Å². The van der Waals surface area contributed by atoms with Crippen LogP contribution >= 0.6 is 11.3 Å². The lowest BCUT2D eigenvalue weighted by Crippen LogP contribution is -2.11. The molecular weight excluding hydrogens is 286 g/mol. The third kappa shape index (κ3) is 3.78. The van der Waals surface area contributed by atoms with E-state index in [0.717, 1.165) is 16.3 Å². The first-order valence-electron chi connectivity index (χ1n) is 6.71. The zero-order valence-electron chi connectivity index (χ0n) is 12.6. The van der Waals surface area contributed by atoms with Crippen LogP contribution in [0, 0.1) is 17.0 Å². The molecule has 2 aromatic rings. The molecule has 0 saturated carbocycles. The van der Waals surface area contributed by atoms with Gasteiger partial charge in [0.1, 0.15) is 5.69 Å². The quantitative estimate of drug-likeness (QED) is 0.676. The van der Waals surface area contributed by atoms with Crippen LogP contribution in [-0.2, 0) is 12.0 Å². The van der Waals surface area contributed by atoms with Crippen LogP contribution in [0.3, 0.4) is 0 Å². The van der Waals surface area contributed by atoms with Crippen molar-refractivity contribution in [3.05, 3.63) is 50.0 Å². The number of anilines is 1. The summed E-state index contributed by atoms with van der Waals surface area (Å²) in [7, 11) is 0. The van der Waals surface area contributed by atoms with Crippen molar-refractivity contribution in [2.75, 3.05) is 5.32 Å². The number of nitro benzene ring substituents is 1. The number of nitrogens with zero attached hydrogens (tertiary/aromatic N) is 2. The van der Waals surface area contributed by atoms with Gasteiger partial charge >= 0.3 is 0 Å². The zero-order valence-corrected chi connectivity index (χ0v) is 13.5. The molecule has 0 unspecified atom stereocenters. The topological polar surface area (TPSA) is 68.1 Å². The first-order chi connectivity index (χ1) is 9.77. The number of nitro groups is 1. The van der Waals surface area contributed by atoms with Crippen LogP contribution < -0.4 is 5.32 Å². The molecule has 0 saturated heterocycles. The van der Waals surface area contributed by atoms with E-state index < -0.39 is 0 Å². The minimum absolute atomic E-state index is 0.0266. The van der Waals surface area contributed by atoms with Crippen molar-refractivity contribution in [2.45, 2.75) is 39.7 Å². The minimum Gasteiger partial charge on any atom is -0.374 e.